The zero-order chi connectivity index (χ0) is 21.6. The van der Waals surface area contributed by atoms with Crippen molar-refractivity contribution in [3.05, 3.63) is 10.6 Å². The van der Waals surface area contributed by atoms with Gasteiger partial charge in [-0.25, -0.2) is 4.79 Å². The second-order valence-electron chi connectivity index (χ2n) is 7.31. The molecule has 0 aromatic rings. The maximum Gasteiger partial charge on any atom is 0.353 e. The molecular weight excluding hydrogens is 358 g/mol. The number of carbonyl (C=O) groups excluding carboxylic acids is 2. The van der Waals surface area contributed by atoms with Gasteiger partial charge in [-0.05, 0) is 13.3 Å². The van der Waals surface area contributed by atoms with E-state index in [1.54, 1.807) is 21.0 Å². The highest BCUT2D eigenvalue weighted by atomic mass is 32.2. The van der Waals surface area contributed by atoms with Crippen LogP contribution in [-0.2, 0) is 14.4 Å². The molecule has 2 saturated heterocycles. The Kier molecular flexibility index (Phi) is 4.08. The Morgan fingerprint density at radius 2 is 2.23 bits per heavy atom. The van der Waals surface area contributed by atoms with Crippen molar-refractivity contribution in [1.29, 1.82) is 2.86 Å². The van der Waals surface area contributed by atoms with Crippen molar-refractivity contribution in [1.82, 2.24) is 15.1 Å². The van der Waals surface area contributed by atoms with E-state index in [0.29, 0.717) is 17.9 Å². The number of nitrogens with one attached hydrogen (secondary N) is 1. The number of aliphatic carboxylic acids is 1. The molecule has 0 bridgehead atoms. The SMILES string of the molecule is [2H]OC(=O)C1=C(S[C@H]2C[C@@H](C(=O)N(C)C)N([2H])C2)[C@H](C)[C@@H]2[C@@H]([C@@H](C)O[2H])C(=O)N12. The maximum absolute atomic E-state index is 12.6. The van der Waals surface area contributed by atoms with E-state index >= 15 is 0 Å². The van der Waals surface area contributed by atoms with Crippen LogP contribution in [0.2, 0.25) is 1.41 Å². The number of thioether (sulfide) groups is 1. The van der Waals surface area contributed by atoms with Crippen LogP contribution in [0.25, 0.3) is 1.43 Å². The molecule has 0 spiro atoms. The van der Waals surface area contributed by atoms with Gasteiger partial charge in [0.15, 0.2) is 0 Å². The maximum atomic E-state index is 12.6. The first-order valence-corrected chi connectivity index (χ1v) is 9.52. The van der Waals surface area contributed by atoms with Gasteiger partial charge in [-0.3, -0.25) is 9.59 Å². The van der Waals surface area contributed by atoms with Gasteiger partial charge in [0, 0.05) is 36.7 Å². The van der Waals surface area contributed by atoms with Crippen molar-refractivity contribution in [2.24, 2.45) is 11.8 Å². The molecule has 3 rings (SSSR count). The second kappa shape index (κ2) is 6.86. The van der Waals surface area contributed by atoms with Gasteiger partial charge in [-0.15, -0.1) is 11.8 Å². The second-order valence-corrected chi connectivity index (χ2v) is 8.65. The Hall–Kier alpha value is -1.58. The van der Waals surface area contributed by atoms with E-state index in [0.717, 1.165) is 0 Å². The molecule has 26 heavy (non-hydrogen) atoms. The number of rotatable bonds is 6. The molecule has 0 unspecified atom stereocenters. The lowest BCUT2D eigenvalue weighted by Gasteiger charge is -2.46. The summed E-state index contributed by atoms with van der Waals surface area (Å²) in [5, 5.41) is 9.91. The first-order valence-electron chi connectivity index (χ1n) is 9.90. The molecule has 0 saturated carbocycles. The van der Waals surface area contributed by atoms with E-state index < -0.39 is 24.0 Å². The molecule has 3 heterocycles. The fraction of sp³-hybridized carbons (Fsp3) is 0.706. The monoisotopic (exact) mass is 386 g/mol. The molecule has 3 aliphatic rings. The van der Waals surface area contributed by atoms with E-state index in [9.17, 15) is 14.4 Å². The van der Waals surface area contributed by atoms with Gasteiger partial charge in [0.1, 0.15) is 7.11 Å². The van der Waals surface area contributed by atoms with Crippen molar-refractivity contribution >= 4 is 29.5 Å². The van der Waals surface area contributed by atoms with Crippen LogP contribution in [-0.4, -0.2) is 83.3 Å². The third kappa shape index (κ3) is 2.91. The van der Waals surface area contributed by atoms with Gasteiger partial charge in [0.2, 0.25) is 13.2 Å². The molecule has 9 heteroatoms. The van der Waals surface area contributed by atoms with Crippen LogP contribution in [0, 0.1) is 11.8 Å². The van der Waals surface area contributed by atoms with Crippen LogP contribution in [0.1, 0.15) is 20.3 Å². The summed E-state index contributed by atoms with van der Waals surface area (Å²) in [6.07, 6.45) is -0.181. The molecule has 0 aromatic heterocycles. The molecular formula is C17H25N3O5S. The highest BCUT2D eigenvalue weighted by Gasteiger charge is 2.60. The Morgan fingerprint density at radius 1 is 1.50 bits per heavy atom. The number of carbonyl (C=O) groups is 3. The number of amides is 2. The van der Waals surface area contributed by atoms with E-state index in [4.69, 9.17) is 4.27 Å². The molecule has 3 N–H and O–H groups in total. The van der Waals surface area contributed by atoms with Gasteiger partial charge >= 0.3 is 5.97 Å². The molecule has 8 nitrogen and oxygen atoms in total. The highest BCUT2D eigenvalue weighted by molar-refractivity contribution is 8.03. The number of hydrogen-bond donors (Lipinski definition) is 3. The Balaban J connectivity index is 1.84. The molecule has 3 aliphatic heterocycles. The zero-order valence-electron chi connectivity index (χ0n) is 18.2. The van der Waals surface area contributed by atoms with E-state index in [1.807, 2.05) is 6.92 Å². The molecule has 6 atom stereocenters. The van der Waals surface area contributed by atoms with Gasteiger partial charge in [-0.1, -0.05) is 6.92 Å². The van der Waals surface area contributed by atoms with Crippen LogP contribution in [0.4, 0.5) is 0 Å². The number of carboxylic acid groups (broad SMARTS) is 1. The van der Waals surface area contributed by atoms with Crippen molar-refractivity contribution in [3.8, 4) is 0 Å². The number of carboxylic acids is 1. The van der Waals surface area contributed by atoms with Crippen LogP contribution in [0.3, 0.4) is 0 Å². The minimum absolute atomic E-state index is 0.0554. The average molecular weight is 386 g/mol. The molecule has 0 radical (unpaired) electrons. The van der Waals surface area contributed by atoms with Crippen LogP contribution < -0.4 is 5.31 Å². The largest absolute Gasteiger partial charge is 0.477 e. The minimum atomic E-state index is -0.908. The predicted octanol–water partition coefficient (Wildman–Crippen LogP) is -0.308. The van der Waals surface area contributed by atoms with Crippen molar-refractivity contribution < 1.29 is 26.0 Å². The first kappa shape index (κ1) is 15.5. The third-order valence-electron chi connectivity index (χ3n) is 5.32. The normalized spacial score (nSPS) is 36.8. The summed E-state index contributed by atoms with van der Waals surface area (Å²) in [6.45, 7) is 3.86. The van der Waals surface area contributed by atoms with Gasteiger partial charge in [0.25, 0.3) is 1.43 Å². The number of likely N-dealkylation sites (N-methyl/N-ethyl adjacent to an activating group) is 1. The fourth-order valence-corrected chi connectivity index (χ4v) is 5.49. The highest BCUT2D eigenvalue weighted by Crippen LogP contribution is 2.51. The summed E-state index contributed by atoms with van der Waals surface area (Å²) in [4.78, 5) is 40.6. The first-order chi connectivity index (χ1) is 13.6. The summed E-state index contributed by atoms with van der Waals surface area (Å²) in [7, 11) is 3.29. The summed E-state index contributed by atoms with van der Waals surface area (Å²) in [5.74, 6) is -2.14. The van der Waals surface area contributed by atoms with E-state index in [-0.39, 0.29) is 34.7 Å². The molecule has 2 fully saturated rings. The zero-order valence-corrected chi connectivity index (χ0v) is 16.0. The Bertz CT molecular complexity index is 752. The number of aliphatic hydroxyl groups is 1. The lowest BCUT2D eigenvalue weighted by molar-refractivity contribution is -0.163. The lowest BCUT2D eigenvalue weighted by atomic mass is 9.79. The molecule has 144 valence electrons. The minimum Gasteiger partial charge on any atom is -0.477 e. The Labute approximate surface area is 161 Å². The van der Waals surface area contributed by atoms with E-state index in [1.165, 1.54) is 26.9 Å². The third-order valence-corrected chi connectivity index (χ3v) is 6.82. The summed E-state index contributed by atoms with van der Waals surface area (Å²) in [6, 6.07) is -0.901. The smallest absolute Gasteiger partial charge is 0.353 e. The molecule has 2 amide bonds. The summed E-state index contributed by atoms with van der Waals surface area (Å²) >= 11 is 1.36. The fourth-order valence-electron chi connectivity index (χ4n) is 4.04. The number of β-lactam (4-membered cyclic amide) rings is 1. The van der Waals surface area contributed by atoms with Crippen molar-refractivity contribution in [2.45, 2.75) is 43.7 Å². The number of hydrogen-bond acceptors (Lipinski definition) is 7. The van der Waals surface area contributed by atoms with Crippen LogP contribution >= 0.6 is 11.8 Å². The van der Waals surface area contributed by atoms with Gasteiger partial charge in [0.05, 0.1) is 24.1 Å². The Morgan fingerprint density at radius 3 is 2.85 bits per heavy atom. The van der Waals surface area contributed by atoms with Crippen LogP contribution in [0.5, 0.6) is 0 Å². The van der Waals surface area contributed by atoms with Crippen molar-refractivity contribution in [3.63, 3.8) is 0 Å². The quantitative estimate of drug-likeness (QED) is 0.537. The number of aliphatic hydroxyl groups excluding tert-OH is 1. The predicted molar refractivity (Wildman–Crippen MR) is 96.1 cm³/mol. The standard InChI is InChI=1S/C17H25N3O5S/c1-7-12-11(8(2)21)16(23)20(12)13(17(24)25)14(7)26-9-5-10(18-6-9)15(22)19(3)4/h7-12,18,21H,5-6H2,1-4H3,(H,24,25)/t7-,8-,9+,10+,11-,12-/m1/s1/i21D/hD2. The average Bonchev–Trinajstić information content (AvgIpc) is 3.16. The van der Waals surface area contributed by atoms with Gasteiger partial charge in [-0.2, -0.15) is 0 Å². The summed E-state index contributed by atoms with van der Waals surface area (Å²) < 4.78 is 22.3. The number of fused-ring (bicyclic) bond motifs is 1. The van der Waals surface area contributed by atoms with Gasteiger partial charge < -0.3 is 25.3 Å². The van der Waals surface area contributed by atoms with E-state index in [2.05, 4.69) is 10.2 Å². The van der Waals surface area contributed by atoms with Crippen LogP contribution in [0.15, 0.2) is 10.6 Å². The summed E-state index contributed by atoms with van der Waals surface area (Å²) in [5.41, 5.74) is 0.0554. The topological polar surface area (TPSA) is 110 Å². The molecule has 0 aromatic carbocycles. The van der Waals surface area contributed by atoms with Crippen molar-refractivity contribution in [2.75, 3.05) is 20.6 Å². The lowest BCUT2D eigenvalue weighted by Crippen LogP contribution is -2.63. The molecule has 0 aliphatic carbocycles. The number of nitrogens with zero attached hydrogens (tertiary/aromatic N) is 2.